The molecule has 0 aliphatic carbocycles. The topological polar surface area (TPSA) is 142 Å². The number of amidine groups is 1. The lowest BCUT2D eigenvalue weighted by Gasteiger charge is -2.20. The van der Waals surface area contributed by atoms with Crippen LogP contribution in [0.5, 0.6) is 0 Å². The highest BCUT2D eigenvalue weighted by Crippen LogP contribution is 2.21. The summed E-state index contributed by atoms with van der Waals surface area (Å²) in [7, 11) is 7.75. The lowest BCUT2D eigenvalue weighted by atomic mass is 9.97. The van der Waals surface area contributed by atoms with Crippen LogP contribution < -0.4 is 21.7 Å². The van der Waals surface area contributed by atoms with Gasteiger partial charge in [0.25, 0.3) is 0 Å². The van der Waals surface area contributed by atoms with E-state index in [0.29, 0.717) is 28.6 Å². The molecule has 0 radical (unpaired) electrons. The summed E-state index contributed by atoms with van der Waals surface area (Å²) in [6, 6.07) is 2.26. The van der Waals surface area contributed by atoms with E-state index >= 15 is 0 Å². The number of halogens is 4. The van der Waals surface area contributed by atoms with Gasteiger partial charge in [0, 0.05) is 58.3 Å². The minimum Gasteiger partial charge on any atom is -0.387 e. The Hall–Kier alpha value is -2.07. The molecule has 248 valence electrons. The van der Waals surface area contributed by atoms with Crippen molar-refractivity contribution in [1.82, 2.24) is 30.8 Å². The van der Waals surface area contributed by atoms with Gasteiger partial charge in [-0.15, -0.1) is 11.6 Å². The van der Waals surface area contributed by atoms with Gasteiger partial charge in [-0.05, 0) is 77.8 Å². The Morgan fingerprint density at radius 2 is 1.44 bits per heavy atom. The quantitative estimate of drug-likeness (QED) is 0.139. The van der Waals surface area contributed by atoms with Crippen LogP contribution in [0.2, 0.25) is 5.02 Å². The van der Waals surface area contributed by atoms with Crippen molar-refractivity contribution >= 4 is 46.9 Å². The molecule has 1 aromatic rings. The molecule has 0 spiro atoms. The Balaban J connectivity index is -0.000000500. The van der Waals surface area contributed by atoms with Crippen LogP contribution in [0.15, 0.2) is 23.6 Å². The maximum atomic E-state index is 8.41. The number of aromatic nitrogens is 2. The normalized spacial score (nSPS) is 17.1. The molecular formula is C29H55Cl3FN10+. The molecule has 0 saturated carbocycles. The molecule has 6 N–H and O–H groups in total. The Morgan fingerprint density at radius 3 is 1.79 bits per heavy atom. The first kappa shape index (κ1) is 43.1. The second kappa shape index (κ2) is 27.5. The maximum Gasteiger partial charge on any atom is 0.183 e. The fourth-order valence-electron chi connectivity index (χ4n) is 4.22. The van der Waals surface area contributed by atoms with Gasteiger partial charge >= 0.3 is 0 Å². The fraction of sp³-hybridized carbons (Fsp3) is 0.690. The predicted molar refractivity (Wildman–Crippen MR) is 183 cm³/mol. The van der Waals surface area contributed by atoms with Crippen molar-refractivity contribution in [3.8, 4) is 6.07 Å². The average Bonchev–Trinajstić information content (AvgIpc) is 3.00. The van der Waals surface area contributed by atoms with Crippen LogP contribution in [-0.2, 0) is 0 Å². The summed E-state index contributed by atoms with van der Waals surface area (Å²) in [4.78, 5) is 10.4. The summed E-state index contributed by atoms with van der Waals surface area (Å²) in [6.07, 6.45) is 14.9. The minimum atomic E-state index is 0. The van der Waals surface area contributed by atoms with E-state index in [2.05, 4.69) is 43.6 Å². The van der Waals surface area contributed by atoms with Crippen molar-refractivity contribution < 1.29 is 10.7 Å². The lowest BCUT2D eigenvalue weighted by molar-refractivity contribution is -0.458. The van der Waals surface area contributed by atoms with Crippen molar-refractivity contribution in [2.45, 2.75) is 44.4 Å². The molecule has 1 aromatic heterocycles. The third-order valence-electron chi connectivity index (χ3n) is 6.41. The number of nitrogens with one attached hydrogen (secondary N) is 4. The standard InChI is InChI=1S/C9H12ClN3.C7H14ClN2.C6H13N3.C6H10N2.CH3Cl.FH.H2/c10-8-5-12-9(13-6-8)7-1-3-11-4-2-7;1-9(2)5-7(8)6-10(3)4;7-6(8)5-1-3-9-4-2-5;7-5-6-1-3-8-4-2-6;1-2;;/h5-7,11H,1-4H2;5-6H,1-4H3;5,9H,1-4H2,(H3,7,8);6,8H,1-4H2;1H3;2*1H/q;+1;;;;;/i;;;;;;1+1. The summed E-state index contributed by atoms with van der Waals surface area (Å²) in [6.45, 7) is 6.22. The van der Waals surface area contributed by atoms with Crippen LogP contribution in [-0.4, -0.2) is 105 Å². The number of nitriles is 1. The van der Waals surface area contributed by atoms with E-state index in [1.54, 1.807) is 12.4 Å². The van der Waals surface area contributed by atoms with Gasteiger partial charge in [-0.2, -0.15) is 5.26 Å². The largest absolute Gasteiger partial charge is 0.387 e. The molecule has 0 unspecified atom stereocenters. The van der Waals surface area contributed by atoms with Crippen LogP contribution in [0.4, 0.5) is 4.70 Å². The van der Waals surface area contributed by atoms with Crippen molar-refractivity contribution in [1.29, 1.82) is 10.7 Å². The molecule has 0 atom stereocenters. The number of allylic oxidation sites excluding steroid dienone is 1. The van der Waals surface area contributed by atoms with Crippen molar-refractivity contribution in [3.05, 3.63) is 34.5 Å². The smallest absolute Gasteiger partial charge is 0.183 e. The van der Waals surface area contributed by atoms with Crippen LogP contribution in [0.25, 0.3) is 0 Å². The Morgan fingerprint density at radius 1 is 1.00 bits per heavy atom. The minimum absolute atomic E-state index is 0. The van der Waals surface area contributed by atoms with Crippen LogP contribution >= 0.6 is 34.8 Å². The summed E-state index contributed by atoms with van der Waals surface area (Å²) < 4.78 is 1.91. The fourth-order valence-corrected chi connectivity index (χ4v) is 4.71. The molecule has 3 aliphatic heterocycles. The van der Waals surface area contributed by atoms with Crippen molar-refractivity contribution in [3.63, 3.8) is 0 Å². The van der Waals surface area contributed by atoms with Crippen LogP contribution in [0, 0.1) is 28.6 Å². The zero-order valence-electron chi connectivity index (χ0n) is 26.4. The molecule has 14 heteroatoms. The van der Waals surface area contributed by atoms with Gasteiger partial charge in [-0.25, -0.2) is 14.5 Å². The number of rotatable bonds is 4. The van der Waals surface area contributed by atoms with Crippen molar-refractivity contribution in [2.75, 3.05) is 73.8 Å². The zero-order valence-corrected chi connectivity index (χ0v) is 28.7. The molecule has 10 nitrogen and oxygen atoms in total. The SMILES string of the molecule is CCl.CN(C)/C=C(\Cl)C=[N+](C)C.Clc1cnc(C2CCNCC2)nc1.F.N#CC1CCNCC1.N=C(N)C1CCNCC1.[2HH]. The molecule has 4 rings (SSSR count). The monoisotopic (exact) mass is 668 g/mol. The van der Waals surface area contributed by atoms with E-state index < -0.39 is 0 Å². The van der Waals surface area contributed by atoms with Crippen LogP contribution in [0.3, 0.4) is 0 Å². The molecule has 0 bridgehead atoms. The highest BCUT2D eigenvalue weighted by molar-refractivity contribution is 6.38. The molecule has 0 amide bonds. The van der Waals surface area contributed by atoms with E-state index in [1.807, 2.05) is 50.1 Å². The van der Waals surface area contributed by atoms with Gasteiger partial charge in [0.1, 0.15) is 25.0 Å². The number of alkyl halides is 1. The first-order valence-electron chi connectivity index (χ1n) is 14.4. The third-order valence-corrected chi connectivity index (χ3v) is 6.80. The highest BCUT2D eigenvalue weighted by Gasteiger charge is 2.17. The Kier molecular flexibility index (Phi) is 27.5. The van der Waals surface area contributed by atoms with Gasteiger partial charge in [0.05, 0.1) is 16.9 Å². The van der Waals surface area contributed by atoms with E-state index in [-0.39, 0.29) is 6.13 Å². The summed E-state index contributed by atoms with van der Waals surface area (Å²) in [5.41, 5.74) is 5.32. The maximum absolute atomic E-state index is 8.41. The van der Waals surface area contributed by atoms with Gasteiger partial charge in [0.2, 0.25) is 0 Å². The molecule has 43 heavy (non-hydrogen) atoms. The number of hydrogen-bond donors (Lipinski definition) is 5. The number of nitrogens with zero attached hydrogens (tertiary/aromatic N) is 5. The number of hydrogen-bond acceptors (Lipinski definition) is 8. The first-order valence-corrected chi connectivity index (χ1v) is 15.9. The van der Waals surface area contributed by atoms with Crippen LogP contribution in [0.1, 0.15) is 51.7 Å². The third kappa shape index (κ3) is 23.0. The second-order valence-electron chi connectivity index (χ2n) is 10.5. The first-order chi connectivity index (χ1) is 20.1. The van der Waals surface area contributed by atoms with Crippen molar-refractivity contribution in [2.24, 2.45) is 17.6 Å². The van der Waals surface area contributed by atoms with Gasteiger partial charge in [0.15, 0.2) is 6.21 Å². The zero-order chi connectivity index (χ0) is 31.8. The van der Waals surface area contributed by atoms with E-state index in [1.165, 1.54) is 6.38 Å². The molecule has 4 heterocycles. The molecule has 3 aliphatic rings. The summed E-state index contributed by atoms with van der Waals surface area (Å²) in [5, 5.41) is 26.6. The van der Waals surface area contributed by atoms with Gasteiger partial charge in [-0.1, -0.05) is 23.2 Å². The predicted octanol–water partition coefficient (Wildman–Crippen LogP) is 4.25. The van der Waals surface area contributed by atoms with E-state index in [0.717, 1.165) is 88.7 Å². The second-order valence-corrected chi connectivity index (χ2v) is 11.4. The molecular weight excluding hydrogens is 614 g/mol. The average molecular weight is 670 g/mol. The molecule has 3 saturated heterocycles. The van der Waals surface area contributed by atoms with E-state index in [4.69, 9.17) is 39.6 Å². The highest BCUT2D eigenvalue weighted by atomic mass is 35.5. The number of piperidine rings is 3. The van der Waals surface area contributed by atoms with Gasteiger partial charge < -0.3 is 26.6 Å². The number of nitrogens with two attached hydrogens (primary N) is 1. The Bertz CT molecular complexity index is 940. The summed E-state index contributed by atoms with van der Waals surface area (Å²) in [5.74, 6) is 2.49. The van der Waals surface area contributed by atoms with E-state index in [9.17, 15) is 0 Å². The summed E-state index contributed by atoms with van der Waals surface area (Å²) >= 11 is 16.1. The molecule has 0 aromatic carbocycles. The molecule has 3 fully saturated rings. The van der Waals surface area contributed by atoms with Gasteiger partial charge in [-0.3, -0.25) is 10.1 Å². The Labute approximate surface area is 274 Å². The lowest BCUT2D eigenvalue weighted by Crippen LogP contribution is -2.34.